The Bertz CT molecular complexity index is 397. The van der Waals surface area contributed by atoms with Gasteiger partial charge in [-0.15, -0.1) is 0 Å². The molecule has 0 saturated heterocycles. The number of hydrogen-bond acceptors (Lipinski definition) is 3. The average Bonchev–Trinajstić information content (AvgIpc) is 2.55. The molecule has 0 fully saturated rings. The van der Waals surface area contributed by atoms with E-state index in [2.05, 4.69) is 27.3 Å². The van der Waals surface area contributed by atoms with Crippen molar-refractivity contribution in [3.63, 3.8) is 0 Å². The molecule has 0 aliphatic carbocycles. The lowest BCUT2D eigenvalue weighted by atomic mass is 10.1. The highest BCUT2D eigenvalue weighted by Gasteiger charge is 2.04. The Morgan fingerprint density at radius 2 is 1.39 bits per heavy atom. The van der Waals surface area contributed by atoms with Crippen molar-refractivity contribution < 1.29 is 8.42 Å². The van der Waals surface area contributed by atoms with E-state index in [0.29, 0.717) is 13.1 Å². The van der Waals surface area contributed by atoms with Crippen molar-refractivity contribution >= 4 is 16.0 Å². The van der Waals surface area contributed by atoms with Crippen LogP contribution in [0.2, 0.25) is 0 Å². The Balaban J connectivity index is 3.53. The summed E-state index contributed by atoms with van der Waals surface area (Å²) < 4.78 is 25.1. The summed E-state index contributed by atoms with van der Waals surface area (Å²) in [5, 5.41) is 6.49. The van der Waals surface area contributed by atoms with E-state index in [1.165, 1.54) is 38.5 Å². The van der Waals surface area contributed by atoms with Crippen molar-refractivity contribution in [1.82, 2.24) is 15.4 Å². The first-order valence-corrected chi connectivity index (χ1v) is 10.6. The number of unbranched alkanes of at least 4 members (excludes halogenated alkanes) is 6. The molecular weight excluding hydrogens is 312 g/mol. The van der Waals surface area contributed by atoms with E-state index in [1.807, 2.05) is 0 Å². The van der Waals surface area contributed by atoms with Crippen molar-refractivity contribution in [2.24, 2.45) is 4.99 Å². The Morgan fingerprint density at radius 1 is 0.826 bits per heavy atom. The first-order chi connectivity index (χ1) is 11.1. The van der Waals surface area contributed by atoms with Crippen molar-refractivity contribution in [3.8, 4) is 0 Å². The van der Waals surface area contributed by atoms with Gasteiger partial charge >= 0.3 is 0 Å². The summed E-state index contributed by atoms with van der Waals surface area (Å²) >= 11 is 0. The van der Waals surface area contributed by atoms with Crippen molar-refractivity contribution in [2.45, 2.75) is 65.2 Å². The number of nitrogens with one attached hydrogen (secondary N) is 3. The average molecular weight is 349 g/mol. The zero-order valence-electron chi connectivity index (χ0n) is 15.2. The van der Waals surface area contributed by atoms with E-state index in [4.69, 9.17) is 0 Å². The Labute approximate surface area is 143 Å². The molecular formula is C16H36N4O2S. The number of hydrogen-bond donors (Lipinski definition) is 3. The van der Waals surface area contributed by atoms with Gasteiger partial charge in [0.25, 0.3) is 0 Å². The molecule has 138 valence electrons. The monoisotopic (exact) mass is 348 g/mol. The topological polar surface area (TPSA) is 82.6 Å². The van der Waals surface area contributed by atoms with Gasteiger partial charge < -0.3 is 10.6 Å². The summed E-state index contributed by atoms with van der Waals surface area (Å²) in [5.74, 6) is 0.913. The molecule has 0 atom stereocenters. The van der Waals surface area contributed by atoms with Crippen LogP contribution in [0.3, 0.4) is 0 Å². The Hall–Kier alpha value is -0.820. The SMILES string of the molecule is CCCCCCCCCNC(=NC)NCCCNS(=O)(=O)CC. The predicted octanol–water partition coefficient (Wildman–Crippen LogP) is 2.23. The number of nitrogens with zero attached hydrogens (tertiary/aromatic N) is 1. The molecule has 0 aliphatic heterocycles. The van der Waals surface area contributed by atoms with Crippen molar-refractivity contribution in [2.75, 3.05) is 32.4 Å². The summed E-state index contributed by atoms with van der Waals surface area (Å²) in [6.45, 7) is 5.95. The van der Waals surface area contributed by atoms with Gasteiger partial charge in [-0.25, -0.2) is 13.1 Å². The molecule has 3 N–H and O–H groups in total. The Morgan fingerprint density at radius 3 is 1.96 bits per heavy atom. The molecule has 0 radical (unpaired) electrons. The van der Waals surface area contributed by atoms with Crippen molar-refractivity contribution in [3.05, 3.63) is 0 Å². The van der Waals surface area contributed by atoms with Crippen LogP contribution in [0.1, 0.15) is 65.2 Å². The quantitative estimate of drug-likeness (QED) is 0.255. The highest BCUT2D eigenvalue weighted by Crippen LogP contribution is 2.06. The van der Waals surface area contributed by atoms with Gasteiger partial charge in [0.1, 0.15) is 0 Å². The first kappa shape index (κ1) is 22.2. The van der Waals surface area contributed by atoms with Gasteiger partial charge in [0.15, 0.2) is 5.96 Å². The summed E-state index contributed by atoms with van der Waals surface area (Å²) in [6.07, 6.45) is 9.80. The lowest BCUT2D eigenvalue weighted by Gasteiger charge is -2.12. The van der Waals surface area contributed by atoms with Crippen LogP contribution in [0.4, 0.5) is 0 Å². The first-order valence-electron chi connectivity index (χ1n) is 8.97. The van der Waals surface area contributed by atoms with Gasteiger partial charge in [-0.1, -0.05) is 45.4 Å². The second-order valence-corrected chi connectivity index (χ2v) is 7.79. The second kappa shape index (κ2) is 14.8. The maximum Gasteiger partial charge on any atom is 0.211 e. The number of guanidine groups is 1. The molecule has 6 nitrogen and oxygen atoms in total. The maximum absolute atomic E-state index is 11.3. The van der Waals surface area contributed by atoms with Gasteiger partial charge in [-0.3, -0.25) is 4.99 Å². The van der Waals surface area contributed by atoms with Crippen LogP contribution in [-0.4, -0.2) is 46.8 Å². The summed E-state index contributed by atoms with van der Waals surface area (Å²) in [7, 11) is -1.33. The predicted molar refractivity (Wildman–Crippen MR) is 99.4 cm³/mol. The molecule has 7 heteroatoms. The highest BCUT2D eigenvalue weighted by atomic mass is 32.2. The highest BCUT2D eigenvalue weighted by molar-refractivity contribution is 7.89. The van der Waals surface area contributed by atoms with E-state index in [9.17, 15) is 8.42 Å². The summed E-state index contributed by atoms with van der Waals surface area (Å²) in [5.41, 5.74) is 0. The summed E-state index contributed by atoms with van der Waals surface area (Å²) in [4.78, 5) is 4.16. The molecule has 0 saturated carbocycles. The minimum absolute atomic E-state index is 0.127. The number of aliphatic imine (C=N–C) groups is 1. The van der Waals surface area contributed by atoms with E-state index in [-0.39, 0.29) is 5.75 Å². The van der Waals surface area contributed by atoms with Crippen LogP contribution >= 0.6 is 0 Å². The van der Waals surface area contributed by atoms with E-state index in [0.717, 1.165) is 25.3 Å². The smallest absolute Gasteiger partial charge is 0.211 e. The molecule has 23 heavy (non-hydrogen) atoms. The third kappa shape index (κ3) is 14.5. The largest absolute Gasteiger partial charge is 0.356 e. The van der Waals surface area contributed by atoms with Crippen LogP contribution in [0, 0.1) is 0 Å². The van der Waals surface area contributed by atoms with Gasteiger partial charge in [0.05, 0.1) is 5.75 Å². The minimum Gasteiger partial charge on any atom is -0.356 e. The van der Waals surface area contributed by atoms with Crippen LogP contribution in [-0.2, 0) is 10.0 Å². The molecule has 0 aliphatic rings. The molecule has 0 unspecified atom stereocenters. The normalized spacial score (nSPS) is 12.4. The molecule has 0 aromatic carbocycles. The van der Waals surface area contributed by atoms with Gasteiger partial charge in [-0.2, -0.15) is 0 Å². The molecule has 0 spiro atoms. The van der Waals surface area contributed by atoms with E-state index in [1.54, 1.807) is 14.0 Å². The minimum atomic E-state index is -3.08. The van der Waals surface area contributed by atoms with Crippen LogP contribution in [0.15, 0.2) is 4.99 Å². The Kier molecular flexibility index (Phi) is 14.2. The van der Waals surface area contributed by atoms with E-state index >= 15 is 0 Å². The lowest BCUT2D eigenvalue weighted by molar-refractivity contribution is 0.578. The second-order valence-electron chi connectivity index (χ2n) is 5.70. The standard InChI is InChI=1S/C16H36N4O2S/c1-4-6-7-8-9-10-11-13-18-16(17-3)19-14-12-15-20-23(21,22)5-2/h20H,4-15H2,1-3H3,(H2,17,18,19). The lowest BCUT2D eigenvalue weighted by Crippen LogP contribution is -2.39. The van der Waals surface area contributed by atoms with Gasteiger partial charge in [0.2, 0.25) is 10.0 Å². The molecule has 0 aromatic heterocycles. The van der Waals surface area contributed by atoms with Gasteiger partial charge in [0, 0.05) is 26.7 Å². The molecule has 0 amide bonds. The maximum atomic E-state index is 11.3. The van der Waals surface area contributed by atoms with Crippen LogP contribution in [0.25, 0.3) is 0 Å². The van der Waals surface area contributed by atoms with Crippen LogP contribution < -0.4 is 15.4 Å². The molecule has 0 bridgehead atoms. The van der Waals surface area contributed by atoms with E-state index < -0.39 is 10.0 Å². The third-order valence-electron chi connectivity index (χ3n) is 3.64. The summed E-state index contributed by atoms with van der Waals surface area (Å²) in [6, 6.07) is 0. The fraction of sp³-hybridized carbons (Fsp3) is 0.938. The fourth-order valence-corrected chi connectivity index (χ4v) is 2.79. The fourth-order valence-electron chi connectivity index (χ4n) is 2.13. The number of rotatable bonds is 14. The van der Waals surface area contributed by atoms with Crippen LogP contribution in [0.5, 0.6) is 0 Å². The zero-order valence-corrected chi connectivity index (χ0v) is 16.0. The zero-order chi connectivity index (χ0) is 17.4. The number of sulfonamides is 1. The molecule has 0 heterocycles. The van der Waals surface area contributed by atoms with Crippen molar-refractivity contribution in [1.29, 1.82) is 0 Å². The third-order valence-corrected chi connectivity index (χ3v) is 5.05. The van der Waals surface area contributed by atoms with Gasteiger partial charge in [-0.05, 0) is 19.8 Å². The molecule has 0 rings (SSSR count). The molecule has 0 aromatic rings.